The van der Waals surface area contributed by atoms with Gasteiger partial charge in [-0.2, -0.15) is 0 Å². The zero-order valence-electron chi connectivity index (χ0n) is 12.9. The summed E-state index contributed by atoms with van der Waals surface area (Å²) < 4.78 is 11.0. The van der Waals surface area contributed by atoms with Crippen LogP contribution >= 0.6 is 0 Å². The van der Waals surface area contributed by atoms with Gasteiger partial charge in [0.25, 0.3) is 0 Å². The largest absolute Gasteiger partial charge is 0.467 e. The SMILES string of the molecule is CN(Cc1ccco1)C(=O)CCc1ncc(-c2ccccc2)o1. The van der Waals surface area contributed by atoms with Crippen LogP contribution in [0, 0.1) is 0 Å². The van der Waals surface area contributed by atoms with E-state index in [9.17, 15) is 4.79 Å². The summed E-state index contributed by atoms with van der Waals surface area (Å²) in [7, 11) is 1.76. The number of oxazole rings is 1. The van der Waals surface area contributed by atoms with E-state index >= 15 is 0 Å². The average Bonchev–Trinajstić information content (AvgIpc) is 3.25. The number of hydrogen-bond donors (Lipinski definition) is 0. The lowest BCUT2D eigenvalue weighted by molar-refractivity contribution is -0.130. The molecule has 2 heterocycles. The van der Waals surface area contributed by atoms with Gasteiger partial charge in [-0.15, -0.1) is 0 Å². The van der Waals surface area contributed by atoms with Gasteiger partial charge < -0.3 is 13.7 Å². The number of hydrogen-bond acceptors (Lipinski definition) is 4. The summed E-state index contributed by atoms with van der Waals surface area (Å²) in [5, 5.41) is 0. The lowest BCUT2D eigenvalue weighted by Gasteiger charge is -2.14. The van der Waals surface area contributed by atoms with Crippen LogP contribution in [0.4, 0.5) is 0 Å². The van der Waals surface area contributed by atoms with Crippen molar-refractivity contribution >= 4 is 5.91 Å². The molecule has 0 saturated carbocycles. The number of amides is 1. The molecule has 118 valence electrons. The third kappa shape index (κ3) is 3.88. The first kappa shape index (κ1) is 15.1. The van der Waals surface area contributed by atoms with Gasteiger partial charge in [-0.1, -0.05) is 30.3 Å². The highest BCUT2D eigenvalue weighted by Crippen LogP contribution is 2.20. The molecule has 0 N–H and O–H groups in total. The van der Waals surface area contributed by atoms with Gasteiger partial charge in [0.2, 0.25) is 5.91 Å². The van der Waals surface area contributed by atoms with E-state index in [1.54, 1.807) is 24.4 Å². The number of benzene rings is 1. The molecule has 2 aromatic heterocycles. The highest BCUT2D eigenvalue weighted by Gasteiger charge is 2.13. The molecule has 0 aliphatic heterocycles. The fraction of sp³-hybridized carbons (Fsp3) is 0.222. The average molecular weight is 310 g/mol. The van der Waals surface area contributed by atoms with Crippen molar-refractivity contribution in [2.45, 2.75) is 19.4 Å². The van der Waals surface area contributed by atoms with Crippen LogP contribution in [0.25, 0.3) is 11.3 Å². The summed E-state index contributed by atoms with van der Waals surface area (Å²) >= 11 is 0. The van der Waals surface area contributed by atoms with Gasteiger partial charge in [0, 0.05) is 25.5 Å². The van der Waals surface area contributed by atoms with Crippen LogP contribution in [0.3, 0.4) is 0 Å². The molecule has 0 saturated heterocycles. The second-order valence-electron chi connectivity index (χ2n) is 5.31. The third-order valence-electron chi connectivity index (χ3n) is 3.56. The number of aromatic nitrogens is 1. The molecule has 1 amide bonds. The number of rotatable bonds is 6. The highest BCUT2D eigenvalue weighted by atomic mass is 16.4. The molecule has 0 unspecified atom stereocenters. The summed E-state index contributed by atoms with van der Waals surface area (Å²) in [5.74, 6) is 2.09. The molecule has 23 heavy (non-hydrogen) atoms. The molecule has 1 aromatic carbocycles. The summed E-state index contributed by atoms with van der Waals surface area (Å²) in [5.41, 5.74) is 0.979. The Bertz CT molecular complexity index is 748. The van der Waals surface area contributed by atoms with Gasteiger partial charge in [0.15, 0.2) is 11.7 Å². The summed E-state index contributed by atoms with van der Waals surface area (Å²) in [6.07, 6.45) is 4.13. The summed E-state index contributed by atoms with van der Waals surface area (Å²) in [6, 6.07) is 13.4. The zero-order chi connectivity index (χ0) is 16.1. The number of carbonyl (C=O) groups excluding carboxylic acids is 1. The molecule has 0 atom stereocenters. The Morgan fingerprint density at radius 2 is 2.00 bits per heavy atom. The molecule has 5 nitrogen and oxygen atoms in total. The van der Waals surface area contributed by atoms with Gasteiger partial charge in [-0.05, 0) is 12.1 Å². The minimum absolute atomic E-state index is 0.0286. The maximum absolute atomic E-state index is 12.1. The first-order valence-corrected chi connectivity index (χ1v) is 7.49. The quantitative estimate of drug-likeness (QED) is 0.699. The molecule has 0 bridgehead atoms. The Kier molecular flexibility index (Phi) is 4.57. The molecule has 5 heteroatoms. The molecule has 0 aliphatic rings. The van der Waals surface area contributed by atoms with E-state index in [1.807, 2.05) is 42.5 Å². The first-order chi connectivity index (χ1) is 11.2. The van der Waals surface area contributed by atoms with Gasteiger partial charge in [-0.25, -0.2) is 4.98 Å². The van der Waals surface area contributed by atoms with Crippen LogP contribution in [-0.4, -0.2) is 22.8 Å². The van der Waals surface area contributed by atoms with E-state index in [1.165, 1.54) is 0 Å². The Hall–Kier alpha value is -2.82. The lowest BCUT2D eigenvalue weighted by atomic mass is 10.2. The molecule has 3 rings (SSSR count). The fourth-order valence-electron chi connectivity index (χ4n) is 2.29. The van der Waals surface area contributed by atoms with Crippen LogP contribution in [0.5, 0.6) is 0 Å². The molecule has 0 spiro atoms. The van der Waals surface area contributed by atoms with Crippen molar-refractivity contribution in [3.05, 3.63) is 66.6 Å². The van der Waals surface area contributed by atoms with Crippen molar-refractivity contribution in [3.63, 3.8) is 0 Å². The number of furan rings is 1. The van der Waals surface area contributed by atoms with Crippen molar-refractivity contribution in [2.75, 3.05) is 7.05 Å². The molecule has 0 radical (unpaired) electrons. The summed E-state index contributed by atoms with van der Waals surface area (Å²) in [6.45, 7) is 0.465. The van der Waals surface area contributed by atoms with E-state index in [0.29, 0.717) is 25.3 Å². The zero-order valence-corrected chi connectivity index (χ0v) is 12.9. The van der Waals surface area contributed by atoms with Gasteiger partial charge in [0.05, 0.1) is 19.0 Å². The number of nitrogens with zero attached hydrogens (tertiary/aromatic N) is 2. The van der Waals surface area contributed by atoms with Gasteiger partial charge >= 0.3 is 0 Å². The predicted molar refractivity (Wildman–Crippen MR) is 85.4 cm³/mol. The van der Waals surface area contributed by atoms with E-state index in [-0.39, 0.29) is 5.91 Å². The van der Waals surface area contributed by atoms with E-state index in [2.05, 4.69) is 4.98 Å². The lowest BCUT2D eigenvalue weighted by Crippen LogP contribution is -2.26. The molecular weight excluding hydrogens is 292 g/mol. The van der Waals surface area contributed by atoms with Crippen LogP contribution in [-0.2, 0) is 17.8 Å². The monoisotopic (exact) mass is 310 g/mol. The van der Waals surface area contributed by atoms with Crippen LogP contribution in [0.1, 0.15) is 18.1 Å². The Labute approximate surface area is 134 Å². The topological polar surface area (TPSA) is 59.5 Å². The standard InChI is InChI=1S/C18H18N2O3/c1-20(13-15-8-5-11-22-15)18(21)10-9-17-19-12-16(23-17)14-6-3-2-4-7-14/h2-8,11-12H,9-10,13H2,1H3. The van der Waals surface area contributed by atoms with Crippen molar-refractivity contribution in [2.24, 2.45) is 0 Å². The molecular formula is C18H18N2O3. The maximum Gasteiger partial charge on any atom is 0.223 e. The van der Waals surface area contributed by atoms with E-state index in [0.717, 1.165) is 17.1 Å². The summed E-state index contributed by atoms with van der Waals surface area (Å²) in [4.78, 5) is 18.0. The minimum Gasteiger partial charge on any atom is -0.467 e. The van der Waals surface area contributed by atoms with Crippen molar-refractivity contribution < 1.29 is 13.6 Å². The third-order valence-corrected chi connectivity index (χ3v) is 3.56. The van der Waals surface area contributed by atoms with Crippen molar-refractivity contribution in [3.8, 4) is 11.3 Å². The second kappa shape index (κ2) is 6.96. The van der Waals surface area contributed by atoms with Crippen LogP contribution < -0.4 is 0 Å². The number of aryl methyl sites for hydroxylation is 1. The molecule has 0 fully saturated rings. The molecule has 0 aliphatic carbocycles. The van der Waals surface area contributed by atoms with Crippen molar-refractivity contribution in [1.29, 1.82) is 0 Å². The Morgan fingerprint density at radius 3 is 2.74 bits per heavy atom. The van der Waals surface area contributed by atoms with Crippen LogP contribution in [0.15, 0.2) is 63.8 Å². The second-order valence-corrected chi connectivity index (χ2v) is 5.31. The maximum atomic E-state index is 12.1. The Balaban J connectivity index is 1.54. The normalized spacial score (nSPS) is 10.7. The first-order valence-electron chi connectivity index (χ1n) is 7.49. The number of carbonyl (C=O) groups is 1. The van der Waals surface area contributed by atoms with Crippen LogP contribution in [0.2, 0.25) is 0 Å². The minimum atomic E-state index is 0.0286. The van der Waals surface area contributed by atoms with E-state index < -0.39 is 0 Å². The highest BCUT2D eigenvalue weighted by molar-refractivity contribution is 5.76. The smallest absolute Gasteiger partial charge is 0.223 e. The van der Waals surface area contributed by atoms with Gasteiger partial charge in [-0.3, -0.25) is 4.79 Å². The predicted octanol–water partition coefficient (Wildman–Crippen LogP) is 3.53. The fourth-order valence-corrected chi connectivity index (χ4v) is 2.29. The Morgan fingerprint density at radius 1 is 1.17 bits per heavy atom. The van der Waals surface area contributed by atoms with E-state index in [4.69, 9.17) is 8.83 Å². The van der Waals surface area contributed by atoms with Crippen molar-refractivity contribution in [1.82, 2.24) is 9.88 Å². The molecule has 3 aromatic rings. The van der Waals surface area contributed by atoms with Gasteiger partial charge in [0.1, 0.15) is 5.76 Å².